The van der Waals surface area contributed by atoms with E-state index in [2.05, 4.69) is 24.1 Å². The summed E-state index contributed by atoms with van der Waals surface area (Å²) in [5, 5.41) is 13.9. The van der Waals surface area contributed by atoms with Crippen LogP contribution in [0.4, 0.5) is 10.8 Å². The molecule has 30 heavy (non-hydrogen) atoms. The lowest BCUT2D eigenvalue weighted by Crippen LogP contribution is -2.11. The number of rotatable bonds is 7. The van der Waals surface area contributed by atoms with Gasteiger partial charge in [-0.15, -0.1) is 11.8 Å². The molecule has 1 aromatic heterocycles. The molecule has 0 saturated carbocycles. The molecule has 1 amide bonds. The van der Waals surface area contributed by atoms with Gasteiger partial charge >= 0.3 is 0 Å². The Bertz CT molecular complexity index is 1190. The van der Waals surface area contributed by atoms with E-state index in [1.54, 1.807) is 30.0 Å². The number of carbonyl (C=O) groups is 1. The third-order valence-corrected chi connectivity index (χ3v) is 7.94. The first-order chi connectivity index (χ1) is 14.2. The van der Waals surface area contributed by atoms with Gasteiger partial charge in [-0.3, -0.25) is 20.2 Å². The number of anilines is 1. The molecule has 1 heterocycles. The average Bonchev–Trinajstić information content (AvgIpc) is 3.17. The number of amides is 1. The van der Waals surface area contributed by atoms with Gasteiger partial charge < -0.3 is 0 Å². The highest BCUT2D eigenvalue weighted by Gasteiger charge is 2.22. The van der Waals surface area contributed by atoms with Gasteiger partial charge in [-0.05, 0) is 30.3 Å². The summed E-state index contributed by atoms with van der Waals surface area (Å²) in [7, 11) is -3.90. The summed E-state index contributed by atoms with van der Waals surface area (Å²) in [6.07, 6.45) is 1.15. The zero-order chi connectivity index (χ0) is 21.9. The molecule has 0 spiro atoms. The summed E-state index contributed by atoms with van der Waals surface area (Å²) in [4.78, 5) is 27.5. The molecule has 11 heteroatoms. The Hall–Kier alpha value is -2.76. The van der Waals surface area contributed by atoms with Crippen molar-refractivity contribution in [3.8, 4) is 0 Å². The number of nitro groups is 1. The van der Waals surface area contributed by atoms with Gasteiger partial charge in [0.1, 0.15) is 4.21 Å². The van der Waals surface area contributed by atoms with E-state index in [0.29, 0.717) is 10.8 Å². The second-order valence-corrected chi connectivity index (χ2v) is 11.2. The summed E-state index contributed by atoms with van der Waals surface area (Å²) in [5.74, 6) is -0.394. The lowest BCUT2D eigenvalue weighted by molar-refractivity contribution is -0.384. The van der Waals surface area contributed by atoms with Crippen molar-refractivity contribution in [1.82, 2.24) is 4.98 Å². The minimum absolute atomic E-state index is 0.0734. The van der Waals surface area contributed by atoms with Gasteiger partial charge in [-0.25, -0.2) is 13.4 Å². The zero-order valence-corrected chi connectivity index (χ0v) is 18.4. The summed E-state index contributed by atoms with van der Waals surface area (Å²) < 4.78 is 25.4. The van der Waals surface area contributed by atoms with Crippen LogP contribution in [0.15, 0.2) is 68.7 Å². The van der Waals surface area contributed by atoms with Crippen molar-refractivity contribution in [2.75, 3.05) is 5.32 Å². The van der Waals surface area contributed by atoms with Crippen LogP contribution in [0, 0.1) is 10.1 Å². The van der Waals surface area contributed by atoms with E-state index >= 15 is 0 Å². The lowest BCUT2D eigenvalue weighted by atomic mass is 10.2. The maximum atomic E-state index is 12.7. The van der Waals surface area contributed by atoms with Gasteiger partial charge in [0, 0.05) is 27.8 Å². The van der Waals surface area contributed by atoms with Crippen LogP contribution in [-0.4, -0.2) is 29.5 Å². The first-order valence-corrected chi connectivity index (χ1v) is 11.9. The van der Waals surface area contributed by atoms with Crippen molar-refractivity contribution in [1.29, 1.82) is 0 Å². The predicted octanol–water partition coefficient (Wildman–Crippen LogP) is 4.64. The van der Waals surface area contributed by atoms with E-state index in [4.69, 9.17) is 0 Å². The number of hydrogen-bond acceptors (Lipinski definition) is 8. The van der Waals surface area contributed by atoms with Crippen LogP contribution in [0.25, 0.3) is 0 Å². The van der Waals surface area contributed by atoms with Crippen LogP contribution in [0.2, 0.25) is 0 Å². The van der Waals surface area contributed by atoms with Gasteiger partial charge in [0.25, 0.3) is 11.6 Å². The number of nitrogens with one attached hydrogen (secondary N) is 1. The summed E-state index contributed by atoms with van der Waals surface area (Å²) in [5.41, 5.74) is 0.236. The second-order valence-electron chi connectivity index (χ2n) is 6.39. The van der Waals surface area contributed by atoms with Crippen LogP contribution >= 0.6 is 23.1 Å². The Balaban J connectivity index is 1.77. The molecule has 0 saturated heterocycles. The Kier molecular flexibility index (Phi) is 6.54. The molecule has 156 valence electrons. The van der Waals surface area contributed by atoms with Crippen molar-refractivity contribution < 1.29 is 18.1 Å². The third kappa shape index (κ3) is 5.04. The fourth-order valence-electron chi connectivity index (χ4n) is 2.46. The van der Waals surface area contributed by atoms with Gasteiger partial charge in [0.2, 0.25) is 9.84 Å². The van der Waals surface area contributed by atoms with E-state index in [9.17, 15) is 23.3 Å². The van der Waals surface area contributed by atoms with Crippen molar-refractivity contribution in [3.05, 3.63) is 70.4 Å². The van der Waals surface area contributed by atoms with Gasteiger partial charge in [0.15, 0.2) is 5.13 Å². The summed E-state index contributed by atoms with van der Waals surface area (Å²) >= 11 is 2.44. The molecule has 0 aliphatic heterocycles. The van der Waals surface area contributed by atoms with Gasteiger partial charge in [-0.2, -0.15) is 0 Å². The zero-order valence-electron chi connectivity index (χ0n) is 15.9. The lowest BCUT2D eigenvalue weighted by Gasteiger charge is -2.07. The van der Waals surface area contributed by atoms with E-state index < -0.39 is 20.7 Å². The van der Waals surface area contributed by atoms with E-state index in [-0.39, 0.29) is 19.9 Å². The molecule has 1 N–H and O–H groups in total. The molecule has 3 aromatic rings. The monoisotopic (exact) mass is 463 g/mol. The molecular formula is C19H17N3O5S3. The number of non-ortho nitro benzene ring substituents is 1. The van der Waals surface area contributed by atoms with E-state index in [1.165, 1.54) is 12.1 Å². The highest BCUT2D eigenvalue weighted by atomic mass is 32.2. The normalized spacial score (nSPS) is 11.4. The van der Waals surface area contributed by atoms with E-state index in [1.807, 2.05) is 6.07 Å². The molecule has 0 bridgehead atoms. The molecule has 8 nitrogen and oxygen atoms in total. The number of carbonyl (C=O) groups excluding carboxylic acids is 1. The maximum Gasteiger partial charge on any atom is 0.269 e. The molecule has 0 aliphatic carbocycles. The maximum absolute atomic E-state index is 12.7. The van der Waals surface area contributed by atoms with Crippen LogP contribution in [0.3, 0.4) is 0 Å². The number of nitrogens with zero attached hydrogens (tertiary/aromatic N) is 2. The molecule has 0 atom stereocenters. The molecule has 0 unspecified atom stereocenters. The fraction of sp³-hybridized carbons (Fsp3) is 0.158. The number of benzene rings is 2. The number of thioether (sulfide) groups is 1. The highest BCUT2D eigenvalue weighted by molar-refractivity contribution is 7.99. The van der Waals surface area contributed by atoms with Crippen molar-refractivity contribution in [2.24, 2.45) is 0 Å². The van der Waals surface area contributed by atoms with Gasteiger partial charge in [-0.1, -0.05) is 31.3 Å². The fourth-order valence-corrected chi connectivity index (χ4v) is 5.78. The van der Waals surface area contributed by atoms with E-state index in [0.717, 1.165) is 34.6 Å². The Morgan fingerprint density at radius 1 is 1.20 bits per heavy atom. The minimum atomic E-state index is -3.90. The van der Waals surface area contributed by atoms with Crippen molar-refractivity contribution in [3.63, 3.8) is 0 Å². The number of nitro benzene ring substituents is 1. The minimum Gasteiger partial charge on any atom is -0.298 e. The number of thiazole rings is 1. The quantitative estimate of drug-likeness (QED) is 0.308. The molecule has 3 rings (SSSR count). The first-order valence-electron chi connectivity index (χ1n) is 8.70. The Morgan fingerprint density at radius 3 is 2.53 bits per heavy atom. The third-order valence-electron chi connectivity index (χ3n) is 3.80. The number of sulfone groups is 1. The standard InChI is InChI=1S/C19H17N3O5S3/c1-12(2)28-15-5-3-4-13(10-15)18(23)21-19-20-11-17(29-19)30(26,27)16-8-6-14(7-9-16)22(24)25/h3-12H,1-2H3,(H,20,21,23). The van der Waals surface area contributed by atoms with Crippen LogP contribution < -0.4 is 5.32 Å². The van der Waals surface area contributed by atoms with Crippen LogP contribution in [0.1, 0.15) is 24.2 Å². The molecular weight excluding hydrogens is 446 g/mol. The summed E-state index contributed by atoms with van der Waals surface area (Å²) in [6.45, 7) is 4.11. The molecule has 0 aliphatic rings. The average molecular weight is 464 g/mol. The van der Waals surface area contributed by atoms with Crippen molar-refractivity contribution >= 4 is 49.7 Å². The first kappa shape index (κ1) is 21.9. The predicted molar refractivity (Wildman–Crippen MR) is 116 cm³/mol. The summed E-state index contributed by atoms with van der Waals surface area (Å²) in [6, 6.07) is 11.7. The highest BCUT2D eigenvalue weighted by Crippen LogP contribution is 2.30. The second kappa shape index (κ2) is 8.94. The Labute approximate surface area is 181 Å². The van der Waals surface area contributed by atoms with Crippen LogP contribution in [-0.2, 0) is 9.84 Å². The SMILES string of the molecule is CC(C)Sc1cccc(C(=O)Nc2ncc(S(=O)(=O)c3ccc([N+](=O)[O-])cc3)s2)c1. The van der Waals surface area contributed by atoms with Gasteiger partial charge in [0.05, 0.1) is 16.0 Å². The van der Waals surface area contributed by atoms with Crippen molar-refractivity contribution in [2.45, 2.75) is 33.1 Å². The molecule has 0 fully saturated rings. The Morgan fingerprint density at radius 2 is 1.90 bits per heavy atom. The topological polar surface area (TPSA) is 119 Å². The number of aromatic nitrogens is 1. The van der Waals surface area contributed by atoms with Crippen LogP contribution in [0.5, 0.6) is 0 Å². The number of hydrogen-bond donors (Lipinski definition) is 1. The largest absolute Gasteiger partial charge is 0.298 e. The molecule has 0 radical (unpaired) electrons. The molecule has 2 aromatic carbocycles. The smallest absolute Gasteiger partial charge is 0.269 e.